The predicted molar refractivity (Wildman–Crippen MR) is 147 cm³/mol. The first kappa shape index (κ1) is 26.4. The number of hydrogen-bond donors (Lipinski definition) is 0. The van der Waals surface area contributed by atoms with Gasteiger partial charge in [0.1, 0.15) is 11.5 Å². The topological polar surface area (TPSA) is 73.8 Å². The molecule has 0 radical (unpaired) electrons. The molecule has 2 saturated carbocycles. The highest BCUT2D eigenvalue weighted by Gasteiger charge is 2.54. The van der Waals surface area contributed by atoms with Gasteiger partial charge in [0.25, 0.3) is 0 Å². The molecule has 2 aromatic rings. The van der Waals surface area contributed by atoms with Crippen molar-refractivity contribution in [1.29, 1.82) is 0 Å². The van der Waals surface area contributed by atoms with Gasteiger partial charge in [-0.05, 0) is 89.5 Å². The van der Waals surface area contributed by atoms with Crippen LogP contribution in [-0.2, 0) is 9.31 Å². The van der Waals surface area contributed by atoms with Crippen molar-refractivity contribution in [3.8, 4) is 34.5 Å². The molecule has 0 spiro atoms. The fourth-order valence-electron chi connectivity index (χ4n) is 4.99. The second-order valence-electron chi connectivity index (χ2n) is 12.0. The summed E-state index contributed by atoms with van der Waals surface area (Å²) in [5, 5.41) is 0. The predicted octanol–water partition coefficient (Wildman–Crippen LogP) is 5.49. The Bertz CT molecular complexity index is 1160. The molecule has 2 aliphatic carbocycles. The van der Waals surface area contributed by atoms with Crippen LogP contribution in [0, 0.1) is 11.8 Å². The Morgan fingerprint density at radius 1 is 0.718 bits per heavy atom. The van der Waals surface area contributed by atoms with Gasteiger partial charge in [-0.25, -0.2) is 0 Å². The van der Waals surface area contributed by atoms with Crippen molar-refractivity contribution in [2.75, 3.05) is 26.8 Å². The van der Waals surface area contributed by atoms with Crippen molar-refractivity contribution in [3.05, 3.63) is 30.3 Å². The lowest BCUT2D eigenvalue weighted by molar-refractivity contribution is 0.00578. The van der Waals surface area contributed by atoms with E-state index in [1.165, 1.54) is 38.5 Å². The van der Waals surface area contributed by atoms with Crippen molar-refractivity contribution < 1.29 is 37.7 Å². The monoisotopic (exact) mass is 538 g/mol. The molecule has 3 heterocycles. The summed E-state index contributed by atoms with van der Waals surface area (Å²) in [5.74, 6) is 6.07. The zero-order valence-corrected chi connectivity index (χ0v) is 23.5. The molecule has 3 fully saturated rings. The van der Waals surface area contributed by atoms with E-state index in [-0.39, 0.29) is 6.79 Å². The number of fused-ring (bicyclic) bond motifs is 2. The van der Waals surface area contributed by atoms with E-state index in [4.69, 9.17) is 37.7 Å². The minimum Gasteiger partial charge on any atom is -0.494 e. The standard InChI is InChI=1S/C18H25BO5.C12H14O3/c1-17(2)18(3,4)24-19(23-17)15-13(20-10-12-6-5-7-12)8-9-14-16(15)22-11-21-14;1-2-9(3-1)7-13-10-4-5-11-12(6-10)15-8-14-11/h8-9,12H,5-7,10-11H2,1-4H3;4-6,9H,1-3,7-8H2. The third-order valence-electron chi connectivity index (χ3n) is 8.78. The summed E-state index contributed by atoms with van der Waals surface area (Å²) in [7, 11) is -0.525. The lowest BCUT2D eigenvalue weighted by atomic mass is 9.77. The van der Waals surface area contributed by atoms with Crippen LogP contribution in [0.15, 0.2) is 30.3 Å². The van der Waals surface area contributed by atoms with Crippen molar-refractivity contribution in [1.82, 2.24) is 0 Å². The van der Waals surface area contributed by atoms with E-state index >= 15 is 0 Å². The molecule has 9 heteroatoms. The average Bonchev–Trinajstić information content (AvgIpc) is 3.54. The lowest BCUT2D eigenvalue weighted by Crippen LogP contribution is -2.41. The lowest BCUT2D eigenvalue weighted by Gasteiger charge is -2.32. The molecule has 3 aliphatic heterocycles. The van der Waals surface area contributed by atoms with Crippen molar-refractivity contribution in [3.63, 3.8) is 0 Å². The minimum atomic E-state index is -0.525. The Kier molecular flexibility index (Phi) is 7.23. The van der Waals surface area contributed by atoms with E-state index in [2.05, 4.69) is 0 Å². The van der Waals surface area contributed by atoms with Crippen LogP contribution in [0.1, 0.15) is 66.2 Å². The highest BCUT2D eigenvalue weighted by atomic mass is 16.7. The Labute approximate surface area is 231 Å². The first-order chi connectivity index (χ1) is 18.8. The van der Waals surface area contributed by atoms with Crippen LogP contribution in [0.4, 0.5) is 0 Å². The van der Waals surface area contributed by atoms with Crippen LogP contribution >= 0.6 is 0 Å². The van der Waals surface area contributed by atoms with Gasteiger partial charge in [0.2, 0.25) is 13.6 Å². The highest BCUT2D eigenvalue weighted by Crippen LogP contribution is 2.41. The van der Waals surface area contributed by atoms with Crippen LogP contribution < -0.4 is 33.9 Å². The van der Waals surface area contributed by atoms with E-state index in [0.717, 1.165) is 53.3 Å². The highest BCUT2D eigenvalue weighted by molar-refractivity contribution is 6.64. The van der Waals surface area contributed by atoms with Crippen LogP contribution in [0.2, 0.25) is 0 Å². The molecular formula is C30H39BO8. The van der Waals surface area contributed by atoms with Crippen molar-refractivity contribution in [2.24, 2.45) is 11.8 Å². The van der Waals surface area contributed by atoms with E-state index in [1.54, 1.807) is 0 Å². The minimum absolute atomic E-state index is 0.216. The molecule has 0 bridgehead atoms. The summed E-state index contributed by atoms with van der Waals surface area (Å²) in [6.45, 7) is 10.3. The van der Waals surface area contributed by atoms with Gasteiger partial charge < -0.3 is 37.7 Å². The van der Waals surface area contributed by atoms with E-state index in [0.29, 0.717) is 18.5 Å². The Hall–Kier alpha value is -2.78. The van der Waals surface area contributed by atoms with Gasteiger partial charge in [0.05, 0.1) is 29.9 Å². The number of benzene rings is 2. The summed E-state index contributed by atoms with van der Waals surface area (Å²) >= 11 is 0. The van der Waals surface area contributed by atoms with Crippen LogP contribution in [-0.4, -0.2) is 45.1 Å². The van der Waals surface area contributed by atoms with Gasteiger partial charge in [-0.2, -0.15) is 0 Å². The van der Waals surface area contributed by atoms with Crippen LogP contribution in [0.3, 0.4) is 0 Å². The summed E-state index contributed by atoms with van der Waals surface area (Å²) in [6, 6.07) is 9.57. The number of ether oxygens (including phenoxy) is 6. The summed E-state index contributed by atoms with van der Waals surface area (Å²) < 4.78 is 46.0. The first-order valence-corrected chi connectivity index (χ1v) is 14.2. The Morgan fingerprint density at radius 3 is 1.97 bits per heavy atom. The zero-order valence-electron chi connectivity index (χ0n) is 23.5. The molecule has 0 unspecified atom stereocenters. The largest absolute Gasteiger partial charge is 0.502 e. The van der Waals surface area contributed by atoms with Gasteiger partial charge in [0.15, 0.2) is 23.0 Å². The summed E-state index contributed by atoms with van der Waals surface area (Å²) in [4.78, 5) is 0. The van der Waals surface area contributed by atoms with E-state index < -0.39 is 18.3 Å². The molecule has 2 aromatic carbocycles. The molecular weight excluding hydrogens is 499 g/mol. The van der Waals surface area contributed by atoms with Crippen LogP contribution in [0.25, 0.3) is 0 Å². The average molecular weight is 538 g/mol. The van der Waals surface area contributed by atoms with E-state index in [1.807, 2.05) is 58.0 Å². The quantitative estimate of drug-likeness (QED) is 0.429. The fourth-order valence-corrected chi connectivity index (χ4v) is 4.99. The fraction of sp³-hybridized carbons (Fsp3) is 0.600. The van der Waals surface area contributed by atoms with Crippen molar-refractivity contribution in [2.45, 2.75) is 77.4 Å². The van der Waals surface area contributed by atoms with Gasteiger partial charge in [0, 0.05) is 6.07 Å². The Morgan fingerprint density at radius 2 is 1.31 bits per heavy atom. The van der Waals surface area contributed by atoms with Gasteiger partial charge >= 0.3 is 7.12 Å². The SMILES string of the molecule is CC1(C)OB(c2c(OCC3CCC3)ccc3c2OCO3)OC1(C)C.c1cc2c(cc1OCC1CCC1)OCO2. The van der Waals surface area contributed by atoms with E-state index in [9.17, 15) is 0 Å². The second kappa shape index (κ2) is 10.7. The smallest absolute Gasteiger partial charge is 0.494 e. The maximum Gasteiger partial charge on any atom is 0.502 e. The molecule has 0 N–H and O–H groups in total. The molecule has 39 heavy (non-hydrogen) atoms. The Balaban J connectivity index is 0.000000158. The number of hydrogen-bond acceptors (Lipinski definition) is 8. The molecule has 5 aliphatic rings. The molecule has 210 valence electrons. The number of rotatable bonds is 7. The summed E-state index contributed by atoms with van der Waals surface area (Å²) in [5.41, 5.74) is -0.0149. The first-order valence-electron chi connectivity index (χ1n) is 14.2. The molecule has 1 saturated heterocycles. The van der Waals surface area contributed by atoms with Crippen LogP contribution in [0.5, 0.6) is 34.5 Å². The van der Waals surface area contributed by atoms with Gasteiger partial charge in [-0.3, -0.25) is 0 Å². The maximum atomic E-state index is 6.23. The zero-order chi connectivity index (χ0) is 27.0. The third-order valence-corrected chi connectivity index (χ3v) is 8.78. The van der Waals surface area contributed by atoms with Gasteiger partial charge in [-0.15, -0.1) is 0 Å². The molecule has 7 rings (SSSR count). The molecule has 8 nitrogen and oxygen atoms in total. The molecule has 0 atom stereocenters. The maximum absolute atomic E-state index is 6.23. The molecule has 0 aromatic heterocycles. The van der Waals surface area contributed by atoms with Crippen molar-refractivity contribution >= 4 is 12.6 Å². The van der Waals surface area contributed by atoms with Gasteiger partial charge in [-0.1, -0.05) is 12.8 Å². The summed E-state index contributed by atoms with van der Waals surface area (Å²) in [6.07, 6.45) is 7.77. The molecule has 0 amide bonds. The second-order valence-corrected chi connectivity index (χ2v) is 12.0. The third kappa shape index (κ3) is 5.48. The normalized spacial score (nSPS) is 22.0.